The molecular weight excluding hydrogens is 1360 g/mol. The van der Waals surface area contributed by atoms with Crippen LogP contribution in [0.3, 0.4) is 0 Å². The molecule has 16 nitrogen and oxygen atoms in total. The topological polar surface area (TPSA) is 280 Å². The van der Waals surface area contributed by atoms with Gasteiger partial charge >= 0.3 is 0 Å². The molecule has 0 atom stereocenters. The average molecular weight is 1460 g/mol. The molecule has 12 N–H and O–H groups in total. The molecule has 0 aliphatic heterocycles. The Kier molecular flexibility index (Phi) is 20.8. The number of benzene rings is 12. The van der Waals surface area contributed by atoms with E-state index in [1.54, 1.807) is 150 Å². The first kappa shape index (κ1) is 74.7. The van der Waals surface area contributed by atoms with E-state index in [1.165, 1.54) is 0 Å². The lowest BCUT2D eigenvalue weighted by molar-refractivity contribution is 0.402. The van der Waals surface area contributed by atoms with Gasteiger partial charge in [0.1, 0.15) is 92.0 Å². The summed E-state index contributed by atoms with van der Waals surface area (Å²) in [6.07, 6.45) is -0.268. The van der Waals surface area contributed by atoms with Gasteiger partial charge in [0.25, 0.3) is 0 Å². The highest BCUT2D eigenvalue weighted by molar-refractivity contribution is 5.93. The molecule has 1 aliphatic carbocycles. The molecule has 1 aliphatic rings. The second kappa shape index (κ2) is 30.0. The maximum absolute atomic E-state index is 13.8. The second-order valence-electron chi connectivity index (χ2n) is 31.0. The zero-order valence-corrected chi connectivity index (χ0v) is 63.1. The lowest BCUT2D eigenvalue weighted by Crippen LogP contribution is -2.16. The highest BCUT2D eigenvalue weighted by Crippen LogP contribution is 2.58. The summed E-state index contributed by atoms with van der Waals surface area (Å²) < 4.78 is 22.6. The molecule has 0 fully saturated rings. The van der Waals surface area contributed by atoms with Gasteiger partial charge in [0.15, 0.2) is 0 Å². The predicted molar refractivity (Wildman–Crippen MR) is 424 cm³/mol. The van der Waals surface area contributed by atoms with Gasteiger partial charge in [0.05, 0.1) is 28.4 Å². The van der Waals surface area contributed by atoms with E-state index in [4.69, 9.17) is 18.9 Å². The fourth-order valence-electron chi connectivity index (χ4n) is 16.8. The molecule has 0 radical (unpaired) electrons. The number of ether oxygens (including phenoxy) is 4. The summed E-state index contributed by atoms with van der Waals surface area (Å²) in [4.78, 5) is 0. The van der Waals surface area contributed by atoms with Crippen molar-refractivity contribution in [2.24, 2.45) is 23.7 Å². The van der Waals surface area contributed by atoms with Gasteiger partial charge < -0.3 is 80.2 Å². The average Bonchev–Trinajstić information content (AvgIpc) is 0.728. The predicted octanol–water partition coefficient (Wildman–Crippen LogP) is 20.2. The summed E-state index contributed by atoms with van der Waals surface area (Å²) in [5.74, 6) is -6.34. The number of fused-ring (bicyclic) bond motifs is 12. The van der Waals surface area contributed by atoms with Crippen LogP contribution in [0.25, 0.3) is 43.1 Å². The summed E-state index contributed by atoms with van der Waals surface area (Å²) in [5, 5.41) is 164. The molecule has 8 bridgehead atoms. The van der Waals surface area contributed by atoms with Crippen molar-refractivity contribution in [2.45, 2.75) is 130 Å². The highest BCUT2D eigenvalue weighted by atomic mass is 16.5. The number of rotatable bonds is 20. The molecule has 12 aromatic rings. The van der Waals surface area contributed by atoms with Crippen molar-refractivity contribution < 1.29 is 80.2 Å². The zero-order valence-electron chi connectivity index (χ0n) is 63.1. The fraction of sp³-hybridized carbons (Fsp3) is 0.304. The van der Waals surface area contributed by atoms with E-state index in [9.17, 15) is 61.3 Å². The molecule has 12 aromatic carbocycles. The molecule has 16 heteroatoms. The Morgan fingerprint density at radius 1 is 0.231 bits per heavy atom. The Labute approximate surface area is 629 Å². The molecule has 0 saturated heterocycles. The van der Waals surface area contributed by atoms with E-state index in [2.05, 4.69) is 0 Å². The van der Waals surface area contributed by atoms with E-state index in [0.29, 0.717) is 88.3 Å². The monoisotopic (exact) mass is 1460 g/mol. The summed E-state index contributed by atoms with van der Waals surface area (Å²) >= 11 is 0. The van der Waals surface area contributed by atoms with Crippen LogP contribution in [0, 0.1) is 23.7 Å². The first-order valence-corrected chi connectivity index (χ1v) is 37.1. The van der Waals surface area contributed by atoms with Crippen molar-refractivity contribution in [2.75, 3.05) is 28.4 Å². The third kappa shape index (κ3) is 13.8. The number of hydrogen-bond acceptors (Lipinski definition) is 16. The highest BCUT2D eigenvalue weighted by Gasteiger charge is 2.39. The Hall–Kier alpha value is -11.5. The summed E-state index contributed by atoms with van der Waals surface area (Å²) in [5.41, 5.74) is 3.21. The number of aromatic hydroxyl groups is 12. The maximum Gasteiger partial charge on any atom is 0.126 e. The second-order valence-corrected chi connectivity index (χ2v) is 31.0. The Morgan fingerprint density at radius 3 is 0.565 bits per heavy atom. The molecule has 0 aromatic heterocycles. The minimum atomic E-state index is -1.04. The van der Waals surface area contributed by atoms with Gasteiger partial charge in [-0.1, -0.05) is 104 Å². The minimum Gasteiger partial charge on any atom is -0.508 e. The number of phenolic OH excluding ortho intramolecular Hbond substituents is 12. The molecule has 0 unspecified atom stereocenters. The third-order valence-electron chi connectivity index (χ3n) is 22.2. The first-order chi connectivity index (χ1) is 51.6. The van der Waals surface area contributed by atoms with Crippen LogP contribution in [0.4, 0.5) is 0 Å². The first-order valence-electron chi connectivity index (χ1n) is 37.1. The zero-order chi connectivity index (χ0) is 77.2. The maximum atomic E-state index is 13.8. The summed E-state index contributed by atoms with van der Waals surface area (Å²) in [7, 11) is 6.22. The van der Waals surface area contributed by atoms with Gasteiger partial charge in [-0.25, -0.2) is 0 Å². The van der Waals surface area contributed by atoms with Gasteiger partial charge in [0.2, 0.25) is 0 Å². The molecule has 560 valence electrons. The summed E-state index contributed by atoms with van der Waals surface area (Å²) in [6, 6.07) is 41.7. The van der Waals surface area contributed by atoms with Crippen LogP contribution in [0.1, 0.15) is 194 Å². The van der Waals surface area contributed by atoms with Gasteiger partial charge in [-0.15, -0.1) is 0 Å². The number of phenols is 12. The standard InChI is InChI=1S/C92H96O16/c1-45(2)29-61-69-41-71(87(99)77(85(69)97)37-65-57-21-17-53(105-9)33-49(57)13-25-81(65)93)62(30-46(3)4)73-43-75(91(103)79(89(73)101)39-67-59-23-19-55(107-11)35-51(59)15-27-83(67)95)64(32-48(7)8)76-44-74(90(102)80(92(76)104)40-68-60-24-20-56(108-12)36-52(60)16-28-84(68)96)63(31-47(5)6)72-42-70(61)86(98)78(88(72)100)38-66-58-22-18-54(106-10)34-50(58)14-26-82(66)94/h13-28,33-36,41-48,61-64,93-104H,29-32,37-40H2,1-12H3. The molecule has 0 heterocycles. The van der Waals surface area contributed by atoms with Crippen LogP contribution in [-0.4, -0.2) is 89.7 Å². The minimum absolute atomic E-state index is 0.00141. The van der Waals surface area contributed by atoms with Crippen molar-refractivity contribution in [3.05, 3.63) is 235 Å². The van der Waals surface area contributed by atoms with E-state index < -0.39 is 23.7 Å². The fourth-order valence-corrected chi connectivity index (χ4v) is 16.8. The van der Waals surface area contributed by atoms with E-state index >= 15 is 0 Å². The van der Waals surface area contributed by atoms with Crippen molar-refractivity contribution >= 4 is 43.1 Å². The molecule has 0 spiro atoms. The number of hydrogen-bond donors (Lipinski definition) is 12. The largest absolute Gasteiger partial charge is 0.508 e. The lowest BCUT2D eigenvalue weighted by Gasteiger charge is -2.33. The Bertz CT molecular complexity index is 4710. The van der Waals surface area contributed by atoms with Crippen molar-refractivity contribution in [3.63, 3.8) is 0 Å². The van der Waals surface area contributed by atoms with Crippen LogP contribution >= 0.6 is 0 Å². The molecule has 13 rings (SSSR count). The van der Waals surface area contributed by atoms with Crippen molar-refractivity contribution in [3.8, 4) is 92.0 Å². The third-order valence-corrected chi connectivity index (χ3v) is 22.2. The van der Waals surface area contributed by atoms with Crippen LogP contribution in [0.2, 0.25) is 0 Å². The Balaban J connectivity index is 1.22. The quantitative estimate of drug-likeness (QED) is 0.0338. The lowest BCUT2D eigenvalue weighted by atomic mass is 9.72. The molecule has 0 saturated carbocycles. The van der Waals surface area contributed by atoms with Crippen molar-refractivity contribution in [1.29, 1.82) is 0 Å². The van der Waals surface area contributed by atoms with Gasteiger partial charge in [0, 0.05) is 138 Å². The SMILES string of the molecule is COc1ccc2c(Cc3c(O)c4cc(c3O)C(CC(C)C)c3cc(c(O)c(Cc5c(O)ccc6cc(OC)ccc56)c3O)C(CC(C)C)c3cc(c(O)c(Cc5c(O)ccc6cc(OC)ccc56)c3O)C(CC(C)C)c3cc(c(O)c(Cc5c(O)ccc6cc(OC)ccc56)c3O)C4CC(C)C)c(O)ccc2c1. The van der Waals surface area contributed by atoms with Crippen LogP contribution in [0.15, 0.2) is 146 Å². The van der Waals surface area contributed by atoms with Crippen LogP contribution in [0.5, 0.6) is 92.0 Å². The Morgan fingerprint density at radius 2 is 0.407 bits per heavy atom. The smallest absolute Gasteiger partial charge is 0.126 e. The van der Waals surface area contributed by atoms with E-state index in [0.717, 1.165) is 0 Å². The van der Waals surface area contributed by atoms with Crippen LogP contribution < -0.4 is 18.9 Å². The molecular formula is C92H96O16. The molecule has 0 amide bonds. The summed E-state index contributed by atoms with van der Waals surface area (Å²) in [6.45, 7) is 16.0. The van der Waals surface area contributed by atoms with Crippen LogP contribution in [-0.2, 0) is 25.7 Å². The van der Waals surface area contributed by atoms with Crippen molar-refractivity contribution in [1.82, 2.24) is 0 Å². The van der Waals surface area contributed by atoms with Gasteiger partial charge in [-0.05, 0) is 190 Å². The number of methoxy groups -OCH3 is 4. The molecule has 108 heavy (non-hydrogen) atoms. The van der Waals surface area contributed by atoms with E-state index in [1.807, 2.05) is 79.7 Å². The normalized spacial score (nSPS) is 15.2. The van der Waals surface area contributed by atoms with Gasteiger partial charge in [-0.3, -0.25) is 0 Å². The van der Waals surface area contributed by atoms with E-state index in [-0.39, 0.29) is 211 Å². The van der Waals surface area contributed by atoms with Gasteiger partial charge in [-0.2, -0.15) is 0 Å².